The molecule has 66 heavy (non-hydrogen) atoms. The van der Waals surface area contributed by atoms with Crippen molar-refractivity contribution in [3.05, 3.63) is 236 Å². The third kappa shape index (κ3) is 6.66. The van der Waals surface area contributed by atoms with Crippen LogP contribution >= 0.6 is 0 Å². The van der Waals surface area contributed by atoms with Gasteiger partial charge >= 0.3 is 0 Å². The maximum Gasteiger partial charge on any atom is 0.136 e. The summed E-state index contributed by atoms with van der Waals surface area (Å²) in [6, 6.07) is 82.6. The highest BCUT2D eigenvalue weighted by Gasteiger charge is 2.19. The average Bonchev–Trinajstić information content (AvgIpc) is 3.73. The zero-order valence-electron chi connectivity index (χ0n) is 36.8. The van der Waals surface area contributed by atoms with E-state index in [2.05, 4.69) is 225 Å². The van der Waals surface area contributed by atoms with Crippen LogP contribution in [0.5, 0.6) is 5.75 Å². The lowest BCUT2D eigenvalue weighted by molar-refractivity contribution is 0.415. The van der Waals surface area contributed by atoms with Gasteiger partial charge < -0.3 is 9.15 Å². The van der Waals surface area contributed by atoms with Crippen molar-refractivity contribution in [2.45, 2.75) is 6.92 Å². The van der Waals surface area contributed by atoms with Crippen LogP contribution in [0.3, 0.4) is 0 Å². The number of ether oxygens (including phenoxy) is 1. The summed E-state index contributed by atoms with van der Waals surface area (Å²) in [4.78, 5) is 0. The summed E-state index contributed by atoms with van der Waals surface area (Å²) in [5.74, 6) is 0.874. The number of furan rings is 1. The molecule has 312 valence electrons. The lowest BCUT2D eigenvalue weighted by Crippen LogP contribution is -1.91. The van der Waals surface area contributed by atoms with Crippen molar-refractivity contribution in [3.63, 3.8) is 0 Å². The number of hydrogen-bond acceptors (Lipinski definition) is 2. The SMILES string of the molecule is COc1ccc(-c2c3ccccc3c(-c3ccc(C)cc3)c3ccccc23)cc1.c1ccc(-c2c3ccccc3c(-c3ccc4oc5cc6ccccc6cc5c4c3)c3ccccc23)cc1. The van der Waals surface area contributed by atoms with Crippen molar-refractivity contribution in [3.8, 4) is 50.3 Å². The fourth-order valence-corrected chi connectivity index (χ4v) is 10.2. The van der Waals surface area contributed by atoms with Crippen LogP contribution < -0.4 is 4.74 Å². The maximum absolute atomic E-state index is 6.30. The molecular formula is C64H44O2. The van der Waals surface area contributed by atoms with Crippen LogP contribution in [0, 0.1) is 6.92 Å². The number of methoxy groups -OCH3 is 1. The van der Waals surface area contributed by atoms with E-state index < -0.39 is 0 Å². The molecule has 0 saturated heterocycles. The van der Waals surface area contributed by atoms with Gasteiger partial charge in [0.25, 0.3) is 0 Å². The van der Waals surface area contributed by atoms with Crippen LogP contribution in [0.4, 0.5) is 0 Å². The Morgan fingerprint density at radius 1 is 0.288 bits per heavy atom. The Morgan fingerprint density at radius 3 is 1.12 bits per heavy atom. The van der Waals surface area contributed by atoms with E-state index in [1.165, 1.54) is 104 Å². The van der Waals surface area contributed by atoms with Crippen molar-refractivity contribution in [2.24, 2.45) is 0 Å². The Bertz CT molecular complexity index is 3840. The molecule has 0 fully saturated rings. The first-order valence-electron chi connectivity index (χ1n) is 22.6. The molecule has 0 amide bonds. The summed E-state index contributed by atoms with van der Waals surface area (Å²) < 4.78 is 11.7. The Labute approximate surface area is 383 Å². The van der Waals surface area contributed by atoms with Gasteiger partial charge in [-0.2, -0.15) is 0 Å². The first-order valence-corrected chi connectivity index (χ1v) is 22.6. The number of aryl methyl sites for hydroxylation is 1. The molecule has 1 aromatic heterocycles. The molecule has 13 aromatic rings. The van der Waals surface area contributed by atoms with Gasteiger partial charge in [0, 0.05) is 10.8 Å². The first-order chi connectivity index (χ1) is 32.6. The fourth-order valence-electron chi connectivity index (χ4n) is 10.2. The Morgan fingerprint density at radius 2 is 0.652 bits per heavy atom. The van der Waals surface area contributed by atoms with E-state index in [0.717, 1.165) is 27.7 Å². The molecule has 0 saturated carbocycles. The van der Waals surface area contributed by atoms with Gasteiger partial charge in [0.05, 0.1) is 7.11 Å². The molecule has 0 N–H and O–H groups in total. The monoisotopic (exact) mass is 844 g/mol. The average molecular weight is 845 g/mol. The van der Waals surface area contributed by atoms with E-state index in [1.807, 2.05) is 12.1 Å². The summed E-state index contributed by atoms with van der Waals surface area (Å²) in [7, 11) is 1.70. The van der Waals surface area contributed by atoms with Crippen LogP contribution in [0.15, 0.2) is 235 Å². The second kappa shape index (κ2) is 16.3. The van der Waals surface area contributed by atoms with Crippen molar-refractivity contribution >= 4 is 75.8 Å². The molecule has 12 aromatic carbocycles. The largest absolute Gasteiger partial charge is 0.497 e. The van der Waals surface area contributed by atoms with Crippen molar-refractivity contribution in [2.75, 3.05) is 7.11 Å². The van der Waals surface area contributed by atoms with Gasteiger partial charge in [-0.15, -0.1) is 0 Å². The summed E-state index contributed by atoms with van der Waals surface area (Å²) >= 11 is 0. The highest BCUT2D eigenvalue weighted by Crippen LogP contribution is 2.46. The van der Waals surface area contributed by atoms with Gasteiger partial charge in [0.15, 0.2) is 0 Å². The van der Waals surface area contributed by atoms with E-state index in [-0.39, 0.29) is 0 Å². The normalized spacial score (nSPS) is 11.5. The number of hydrogen-bond donors (Lipinski definition) is 0. The van der Waals surface area contributed by atoms with E-state index in [0.29, 0.717) is 0 Å². The highest BCUT2D eigenvalue weighted by atomic mass is 16.5. The van der Waals surface area contributed by atoms with Gasteiger partial charge in [0.1, 0.15) is 16.9 Å². The molecule has 0 unspecified atom stereocenters. The third-order valence-corrected chi connectivity index (χ3v) is 13.3. The minimum atomic E-state index is 0.874. The van der Waals surface area contributed by atoms with E-state index in [9.17, 15) is 0 Å². The number of fused-ring (bicyclic) bond motifs is 8. The molecule has 0 aliphatic carbocycles. The lowest BCUT2D eigenvalue weighted by Gasteiger charge is -2.18. The quantitative estimate of drug-likeness (QED) is 0.161. The Balaban J connectivity index is 0.000000143. The standard InChI is InChI=1S/C36H22O.C28H22O/c1-2-10-23(11-3-1)35-27-14-6-8-16-29(27)36(30-17-9-7-15-28(30)35)26-18-19-33-31(21-26)32-20-24-12-4-5-13-25(24)22-34(32)37-33;1-19-11-13-20(14-12-19)27-23-7-3-5-9-25(23)28(26-10-6-4-8-24(26)27)21-15-17-22(29-2)18-16-21/h1-22H;3-18H,1-2H3. The molecule has 0 aliphatic heterocycles. The van der Waals surface area contributed by atoms with Gasteiger partial charge in [-0.3, -0.25) is 0 Å². The Hall–Kier alpha value is -8.46. The van der Waals surface area contributed by atoms with Crippen LogP contribution in [0.25, 0.3) is 120 Å². The minimum Gasteiger partial charge on any atom is -0.497 e. The topological polar surface area (TPSA) is 22.4 Å². The third-order valence-electron chi connectivity index (χ3n) is 13.3. The van der Waals surface area contributed by atoms with E-state index in [1.54, 1.807) is 7.11 Å². The summed E-state index contributed by atoms with van der Waals surface area (Å²) in [5.41, 5.74) is 13.2. The molecule has 0 radical (unpaired) electrons. The summed E-state index contributed by atoms with van der Waals surface area (Å²) in [5, 5.41) is 14.9. The summed E-state index contributed by atoms with van der Waals surface area (Å²) in [6.07, 6.45) is 0. The fraction of sp³-hybridized carbons (Fsp3) is 0.0312. The molecule has 0 atom stereocenters. The second-order valence-corrected chi connectivity index (χ2v) is 17.2. The Kier molecular flexibility index (Phi) is 9.65. The molecular weight excluding hydrogens is 801 g/mol. The van der Waals surface area contributed by atoms with E-state index >= 15 is 0 Å². The van der Waals surface area contributed by atoms with E-state index in [4.69, 9.17) is 9.15 Å². The lowest BCUT2D eigenvalue weighted by atomic mass is 9.86. The van der Waals surface area contributed by atoms with Gasteiger partial charge in [-0.25, -0.2) is 0 Å². The predicted octanol–water partition coefficient (Wildman–Crippen LogP) is 18.0. The zero-order valence-corrected chi connectivity index (χ0v) is 36.8. The molecule has 0 bridgehead atoms. The summed E-state index contributed by atoms with van der Waals surface area (Å²) in [6.45, 7) is 2.13. The number of benzene rings is 12. The van der Waals surface area contributed by atoms with Crippen LogP contribution in [0.2, 0.25) is 0 Å². The smallest absolute Gasteiger partial charge is 0.136 e. The van der Waals surface area contributed by atoms with Gasteiger partial charge in [-0.05, 0) is 142 Å². The highest BCUT2D eigenvalue weighted by molar-refractivity contribution is 6.23. The van der Waals surface area contributed by atoms with Gasteiger partial charge in [-0.1, -0.05) is 200 Å². The van der Waals surface area contributed by atoms with Crippen LogP contribution in [0.1, 0.15) is 5.56 Å². The molecule has 13 rings (SSSR count). The molecule has 0 aliphatic rings. The molecule has 2 heteroatoms. The minimum absolute atomic E-state index is 0.874. The van der Waals surface area contributed by atoms with Crippen molar-refractivity contribution < 1.29 is 9.15 Å². The first kappa shape index (κ1) is 39.2. The number of rotatable bonds is 5. The molecule has 0 spiro atoms. The predicted molar refractivity (Wildman–Crippen MR) is 281 cm³/mol. The van der Waals surface area contributed by atoms with Gasteiger partial charge in [0.2, 0.25) is 0 Å². The van der Waals surface area contributed by atoms with Crippen molar-refractivity contribution in [1.82, 2.24) is 0 Å². The second-order valence-electron chi connectivity index (χ2n) is 17.2. The van der Waals surface area contributed by atoms with Crippen LogP contribution in [-0.2, 0) is 0 Å². The molecule has 2 nitrogen and oxygen atoms in total. The maximum atomic E-state index is 6.30. The van der Waals surface area contributed by atoms with Crippen LogP contribution in [-0.4, -0.2) is 7.11 Å². The van der Waals surface area contributed by atoms with Crippen molar-refractivity contribution in [1.29, 1.82) is 0 Å². The zero-order chi connectivity index (χ0) is 44.1. The molecule has 1 heterocycles.